The van der Waals surface area contributed by atoms with E-state index in [1.165, 1.54) is 18.2 Å². The van der Waals surface area contributed by atoms with Crippen molar-refractivity contribution in [3.8, 4) is 23.0 Å². The summed E-state index contributed by atoms with van der Waals surface area (Å²) < 4.78 is 59.5. The molecule has 76 heavy (non-hydrogen) atoms. The van der Waals surface area contributed by atoms with Crippen LogP contribution in [0.2, 0.25) is 0 Å². The molecule has 0 saturated heterocycles. The van der Waals surface area contributed by atoms with Crippen molar-refractivity contribution in [3.63, 3.8) is 0 Å². The number of ether oxygens (including phenoxy) is 7. The Morgan fingerprint density at radius 2 is 1.58 bits per heavy atom. The summed E-state index contributed by atoms with van der Waals surface area (Å²) in [6.07, 6.45) is 7.23. The highest BCUT2D eigenvalue weighted by molar-refractivity contribution is 6.03. The lowest BCUT2D eigenvalue weighted by Crippen LogP contribution is -2.70. The lowest BCUT2D eigenvalue weighted by molar-refractivity contribution is -0.384. The summed E-state index contributed by atoms with van der Waals surface area (Å²) in [4.78, 5) is 34.1. The van der Waals surface area contributed by atoms with Gasteiger partial charge in [0.05, 0.1) is 36.4 Å². The van der Waals surface area contributed by atoms with E-state index in [0.29, 0.717) is 84.1 Å². The number of aliphatic hydroxyl groups is 2. The van der Waals surface area contributed by atoms with Gasteiger partial charge < -0.3 is 48.2 Å². The molecule has 9 rings (SSSR count). The molecule has 2 N–H and O–H groups in total. The van der Waals surface area contributed by atoms with Crippen LogP contribution in [-0.2, 0) is 45.4 Å². The second kappa shape index (κ2) is 25.5. The second-order valence-corrected chi connectivity index (χ2v) is 19.3. The summed E-state index contributed by atoms with van der Waals surface area (Å²) in [5.74, 6) is -1.21. The highest BCUT2D eigenvalue weighted by atomic mass is 19.1. The first-order valence-corrected chi connectivity index (χ1v) is 25.9. The van der Waals surface area contributed by atoms with Crippen molar-refractivity contribution < 1.29 is 62.3 Å². The molecule has 17 heteroatoms. The number of amides is 1. The topological polar surface area (TPSA) is 190 Å². The van der Waals surface area contributed by atoms with Gasteiger partial charge in [-0.05, 0) is 108 Å². The van der Waals surface area contributed by atoms with Crippen molar-refractivity contribution in [1.82, 2.24) is 4.90 Å². The van der Waals surface area contributed by atoms with Crippen LogP contribution in [0, 0.1) is 33.7 Å². The number of nitro groups is 1. The van der Waals surface area contributed by atoms with Crippen molar-refractivity contribution in [2.75, 3.05) is 39.8 Å². The molecule has 400 valence electrons. The zero-order chi connectivity index (χ0) is 52.9. The van der Waals surface area contributed by atoms with Gasteiger partial charge in [0.2, 0.25) is 12.6 Å². The van der Waals surface area contributed by atoms with Gasteiger partial charge in [0.15, 0.2) is 11.5 Å². The average Bonchev–Trinajstić information content (AvgIpc) is 3.99. The molecular weight excluding hydrogens is 978 g/mol. The number of allylic oxidation sites excluding steroid dienone is 1. The third kappa shape index (κ3) is 12.3. The quantitative estimate of drug-likeness (QED) is 0.0230. The van der Waals surface area contributed by atoms with Gasteiger partial charge in [-0.1, -0.05) is 84.7 Å². The van der Waals surface area contributed by atoms with Crippen molar-refractivity contribution >= 4 is 17.5 Å². The minimum absolute atomic E-state index is 0.000329. The number of halogens is 1. The first-order chi connectivity index (χ1) is 37.2. The molecule has 16 nitrogen and oxygen atoms in total. The number of hydrogen-bond donors (Lipinski definition) is 2. The molecule has 5 aromatic carbocycles. The number of nitro benzene ring substituents is 1. The van der Waals surface area contributed by atoms with Crippen LogP contribution < -0.4 is 18.9 Å². The molecule has 0 bridgehead atoms. The van der Waals surface area contributed by atoms with Gasteiger partial charge in [0, 0.05) is 55.4 Å². The predicted octanol–water partition coefficient (Wildman–Crippen LogP) is 10.7. The van der Waals surface area contributed by atoms with Gasteiger partial charge in [-0.25, -0.2) is 9.18 Å². The highest BCUT2D eigenvalue weighted by Gasteiger charge is 2.66. The molecule has 4 aliphatic rings. The maximum absolute atomic E-state index is 15.2. The Labute approximate surface area is 441 Å². The minimum atomic E-state index is -1.64. The van der Waals surface area contributed by atoms with Gasteiger partial charge >= 0.3 is 6.09 Å². The summed E-state index contributed by atoms with van der Waals surface area (Å²) >= 11 is 0. The van der Waals surface area contributed by atoms with Gasteiger partial charge in [-0.15, -0.1) is 6.58 Å². The molecule has 6 unspecified atom stereocenters. The van der Waals surface area contributed by atoms with Gasteiger partial charge in [0.25, 0.3) is 5.69 Å². The maximum atomic E-state index is 15.2. The van der Waals surface area contributed by atoms with Crippen LogP contribution in [0.5, 0.6) is 23.0 Å². The van der Waals surface area contributed by atoms with E-state index in [1.54, 1.807) is 53.4 Å². The summed E-state index contributed by atoms with van der Waals surface area (Å²) in [6, 6.07) is 32.3. The fourth-order valence-corrected chi connectivity index (χ4v) is 11.0. The summed E-state index contributed by atoms with van der Waals surface area (Å²) in [5.41, 5.74) is 4.78. The Bertz CT molecular complexity index is 2850. The summed E-state index contributed by atoms with van der Waals surface area (Å²) in [5, 5.41) is 36.6. The SMILES string of the molecule is C=CCOC12Oc3ccc(OCc4ccccc4F)cc3C3C(CCCCO)C(CCCCO)C=C(C(=NOCc4ccc([N+](=O)[O-])cc4)CC1N(Cc1ccc4c(c1)OCO4)C(=O)OCCOCc1ccccc1)C32. The number of aliphatic hydroxyl groups excluding tert-OH is 2. The molecule has 0 radical (unpaired) electrons. The molecule has 6 atom stereocenters. The van der Waals surface area contributed by atoms with Crippen LogP contribution in [0.1, 0.15) is 78.7 Å². The molecule has 2 aliphatic carbocycles. The van der Waals surface area contributed by atoms with E-state index >= 15 is 4.79 Å². The average molecular weight is 1040 g/mol. The van der Waals surface area contributed by atoms with Crippen molar-refractivity contribution in [1.29, 1.82) is 0 Å². The predicted molar refractivity (Wildman–Crippen MR) is 279 cm³/mol. The second-order valence-electron chi connectivity index (χ2n) is 19.3. The Balaban J connectivity index is 1.18. The van der Waals surface area contributed by atoms with Crippen LogP contribution in [-0.4, -0.2) is 83.5 Å². The molecule has 2 heterocycles. The van der Waals surface area contributed by atoms with Crippen LogP contribution >= 0.6 is 0 Å². The summed E-state index contributed by atoms with van der Waals surface area (Å²) in [7, 11) is 0. The van der Waals surface area contributed by atoms with E-state index in [1.807, 2.05) is 54.6 Å². The highest BCUT2D eigenvalue weighted by Crippen LogP contribution is 2.62. The van der Waals surface area contributed by atoms with Gasteiger partial charge in [0.1, 0.15) is 43.2 Å². The largest absolute Gasteiger partial charge is 0.489 e. The number of hydrogen-bond acceptors (Lipinski definition) is 14. The van der Waals surface area contributed by atoms with Gasteiger partial charge in [-0.3, -0.25) is 15.0 Å². The molecule has 1 fully saturated rings. The van der Waals surface area contributed by atoms with E-state index in [4.69, 9.17) is 43.2 Å². The smallest absolute Gasteiger partial charge is 0.410 e. The van der Waals surface area contributed by atoms with Gasteiger partial charge in [-0.2, -0.15) is 0 Å². The van der Waals surface area contributed by atoms with Crippen LogP contribution in [0.3, 0.4) is 0 Å². The van der Waals surface area contributed by atoms with Crippen molar-refractivity contribution in [2.24, 2.45) is 22.9 Å². The number of carbonyl (C=O) groups is 1. The number of unbranched alkanes of at least 4 members (excludes halogenated alkanes) is 2. The number of fused-ring (bicyclic) bond motifs is 3. The molecule has 1 amide bonds. The first-order valence-electron chi connectivity index (χ1n) is 25.9. The normalized spacial score (nSPS) is 21.4. The maximum Gasteiger partial charge on any atom is 0.410 e. The number of benzene rings is 5. The number of rotatable bonds is 26. The number of non-ortho nitro benzene ring substituents is 1. The monoisotopic (exact) mass is 1040 g/mol. The molecular formula is C59H64FN3O13. The summed E-state index contributed by atoms with van der Waals surface area (Å²) in [6.45, 7) is 4.47. The van der Waals surface area contributed by atoms with E-state index in [0.717, 1.165) is 23.1 Å². The molecule has 2 aliphatic heterocycles. The molecule has 0 aromatic heterocycles. The lowest BCUT2D eigenvalue weighted by Gasteiger charge is -2.59. The minimum Gasteiger partial charge on any atom is -0.489 e. The zero-order valence-electron chi connectivity index (χ0n) is 42.3. The van der Waals surface area contributed by atoms with E-state index in [2.05, 4.69) is 12.7 Å². The molecule has 1 saturated carbocycles. The third-order valence-corrected chi connectivity index (χ3v) is 14.5. The Morgan fingerprint density at radius 3 is 2.36 bits per heavy atom. The van der Waals surface area contributed by atoms with Crippen LogP contribution in [0.4, 0.5) is 14.9 Å². The Hall–Kier alpha value is -7.31. The first kappa shape index (κ1) is 53.5. The zero-order valence-corrected chi connectivity index (χ0v) is 42.3. The van der Waals surface area contributed by atoms with Crippen molar-refractivity contribution in [2.45, 2.75) is 89.1 Å². The lowest BCUT2D eigenvalue weighted by atomic mass is 9.55. The van der Waals surface area contributed by atoms with Crippen molar-refractivity contribution in [3.05, 3.63) is 183 Å². The molecule has 0 spiro atoms. The number of oxime groups is 1. The molecule has 5 aromatic rings. The number of nitrogens with zero attached hydrogens (tertiary/aromatic N) is 3. The standard InChI is InChI=1S/C59H64FN3O13/c1-2-28-74-59-55(62(35-42-20-24-53-54(31-42)73-39-72-53)58(66)70-30-29-69-36-40-12-4-3-5-13-40)34-51(61-75-37-41-18-21-45(22-19-41)63(67)68)48-32-43(14-8-10-26-64)47(16-9-11-27-65)56(57(48)59)49-33-46(23-25-52(49)76-59)71-38-44-15-6-7-17-50(44)60/h2-7,12-13,15,17-25,31-33,43,47,55-57,64-65H,1,8-11,14,16,26-30,34-39H2. The Morgan fingerprint density at radius 1 is 0.842 bits per heavy atom. The fourth-order valence-electron chi connectivity index (χ4n) is 11.0. The van der Waals surface area contributed by atoms with Crippen LogP contribution in [0.25, 0.3) is 0 Å². The van der Waals surface area contributed by atoms with E-state index in [9.17, 15) is 24.7 Å². The third-order valence-electron chi connectivity index (χ3n) is 14.5. The van der Waals surface area contributed by atoms with E-state index in [-0.39, 0.29) is 89.3 Å². The fraction of sp³-hybridized carbons (Fsp3) is 0.390. The van der Waals surface area contributed by atoms with E-state index < -0.39 is 34.7 Å². The Kier molecular flexibility index (Phi) is 17.9. The van der Waals surface area contributed by atoms with Crippen LogP contribution in [0.15, 0.2) is 145 Å². The number of carbonyl (C=O) groups excluding carboxylic acids is 1.